The van der Waals surface area contributed by atoms with Gasteiger partial charge in [-0.1, -0.05) is 48.5 Å². The molecule has 7 nitrogen and oxygen atoms in total. The molecule has 0 aliphatic rings. The SMILES string of the molecule is CC(NC(=O)c1ccc(S(=O)(=O)Nc2ccccc2)cc1)c1cccc(NC(=O)c2ccccc2)c1. The molecule has 3 N–H and O–H groups in total. The molecule has 0 bridgehead atoms. The molecule has 182 valence electrons. The van der Waals surface area contributed by atoms with E-state index in [0.717, 1.165) is 5.56 Å². The van der Waals surface area contributed by atoms with Gasteiger partial charge in [0, 0.05) is 22.5 Å². The van der Waals surface area contributed by atoms with Gasteiger partial charge in [0.1, 0.15) is 0 Å². The number of hydrogen-bond acceptors (Lipinski definition) is 4. The summed E-state index contributed by atoms with van der Waals surface area (Å²) in [7, 11) is -3.77. The van der Waals surface area contributed by atoms with Crippen molar-refractivity contribution in [3.63, 3.8) is 0 Å². The second kappa shape index (κ2) is 10.9. The first-order chi connectivity index (χ1) is 17.3. The Hall–Kier alpha value is -4.43. The monoisotopic (exact) mass is 499 g/mol. The van der Waals surface area contributed by atoms with E-state index in [-0.39, 0.29) is 22.8 Å². The number of anilines is 2. The Balaban J connectivity index is 1.40. The van der Waals surface area contributed by atoms with Gasteiger partial charge in [0.2, 0.25) is 0 Å². The number of rotatable bonds is 8. The van der Waals surface area contributed by atoms with E-state index in [1.807, 2.05) is 19.1 Å². The van der Waals surface area contributed by atoms with Gasteiger partial charge < -0.3 is 10.6 Å². The van der Waals surface area contributed by atoms with Gasteiger partial charge in [-0.05, 0) is 73.2 Å². The van der Waals surface area contributed by atoms with Gasteiger partial charge in [-0.2, -0.15) is 0 Å². The molecule has 0 saturated heterocycles. The largest absolute Gasteiger partial charge is 0.346 e. The van der Waals surface area contributed by atoms with Crippen molar-refractivity contribution in [2.45, 2.75) is 17.9 Å². The van der Waals surface area contributed by atoms with Crippen LogP contribution in [0.3, 0.4) is 0 Å². The quantitative estimate of drug-likeness (QED) is 0.309. The number of sulfonamides is 1. The molecular formula is C28H25N3O4S. The first-order valence-electron chi connectivity index (χ1n) is 11.3. The third-order valence-electron chi connectivity index (χ3n) is 5.48. The van der Waals surface area contributed by atoms with Crippen LogP contribution < -0.4 is 15.4 Å². The third-order valence-corrected chi connectivity index (χ3v) is 6.88. The zero-order valence-corrected chi connectivity index (χ0v) is 20.3. The molecule has 4 aromatic carbocycles. The first kappa shape index (κ1) is 24.7. The van der Waals surface area contributed by atoms with Crippen LogP contribution in [0.25, 0.3) is 0 Å². The maximum atomic E-state index is 12.8. The summed E-state index contributed by atoms with van der Waals surface area (Å²) in [5.41, 5.74) is 2.75. The Morgan fingerprint density at radius 1 is 0.667 bits per heavy atom. The van der Waals surface area contributed by atoms with Crippen LogP contribution in [0.15, 0.2) is 114 Å². The lowest BCUT2D eigenvalue weighted by Gasteiger charge is -2.16. The highest BCUT2D eigenvalue weighted by molar-refractivity contribution is 7.92. The molecule has 0 fully saturated rings. The predicted molar refractivity (Wildman–Crippen MR) is 140 cm³/mol. The molecule has 0 heterocycles. The zero-order valence-electron chi connectivity index (χ0n) is 19.5. The van der Waals surface area contributed by atoms with E-state index in [9.17, 15) is 18.0 Å². The van der Waals surface area contributed by atoms with Crippen molar-refractivity contribution in [2.24, 2.45) is 0 Å². The van der Waals surface area contributed by atoms with Crippen LogP contribution in [-0.2, 0) is 10.0 Å². The van der Waals surface area contributed by atoms with Crippen LogP contribution in [0.5, 0.6) is 0 Å². The van der Waals surface area contributed by atoms with E-state index < -0.39 is 10.0 Å². The number of carbonyl (C=O) groups is 2. The molecule has 4 rings (SSSR count). The fourth-order valence-electron chi connectivity index (χ4n) is 3.55. The zero-order chi connectivity index (χ0) is 25.5. The molecule has 0 aliphatic heterocycles. The minimum Gasteiger partial charge on any atom is -0.346 e. The number of para-hydroxylation sites is 1. The highest BCUT2D eigenvalue weighted by Crippen LogP contribution is 2.20. The molecule has 0 radical (unpaired) electrons. The number of carbonyl (C=O) groups excluding carboxylic acids is 2. The minimum atomic E-state index is -3.77. The Morgan fingerprint density at radius 2 is 1.25 bits per heavy atom. The lowest BCUT2D eigenvalue weighted by atomic mass is 10.1. The number of amides is 2. The van der Waals surface area contributed by atoms with Crippen molar-refractivity contribution in [3.8, 4) is 0 Å². The second-order valence-corrected chi connectivity index (χ2v) is 9.82. The van der Waals surface area contributed by atoms with Gasteiger partial charge in [0.05, 0.1) is 10.9 Å². The van der Waals surface area contributed by atoms with Crippen LogP contribution in [0, 0.1) is 0 Å². The van der Waals surface area contributed by atoms with Crippen LogP contribution in [0.1, 0.15) is 39.2 Å². The van der Waals surface area contributed by atoms with Crippen LogP contribution in [0.4, 0.5) is 11.4 Å². The number of benzene rings is 4. The van der Waals surface area contributed by atoms with Gasteiger partial charge in [-0.15, -0.1) is 0 Å². The maximum Gasteiger partial charge on any atom is 0.261 e. The molecule has 0 saturated carbocycles. The summed E-state index contributed by atoms with van der Waals surface area (Å²) >= 11 is 0. The van der Waals surface area contributed by atoms with Gasteiger partial charge in [-0.25, -0.2) is 8.42 Å². The number of hydrogen-bond donors (Lipinski definition) is 3. The molecule has 4 aromatic rings. The lowest BCUT2D eigenvalue weighted by Crippen LogP contribution is -2.26. The van der Waals surface area contributed by atoms with Crippen molar-refractivity contribution in [1.29, 1.82) is 0 Å². The standard InChI is InChI=1S/C28H25N3O4S/c1-20(23-11-8-14-25(19-23)30-28(33)21-9-4-2-5-10-21)29-27(32)22-15-17-26(18-16-22)36(34,35)31-24-12-6-3-7-13-24/h2-20,31H,1H3,(H,29,32)(H,30,33). The number of nitrogens with one attached hydrogen (secondary N) is 3. The van der Waals surface area contributed by atoms with Gasteiger partial charge in [0.15, 0.2) is 0 Å². The van der Waals surface area contributed by atoms with Crippen molar-refractivity contribution < 1.29 is 18.0 Å². The highest BCUT2D eigenvalue weighted by atomic mass is 32.2. The average molecular weight is 500 g/mol. The molecule has 8 heteroatoms. The molecule has 2 amide bonds. The summed E-state index contributed by atoms with van der Waals surface area (Å²) < 4.78 is 27.7. The molecular weight excluding hydrogens is 474 g/mol. The predicted octanol–water partition coefficient (Wildman–Crippen LogP) is 5.23. The van der Waals surface area contributed by atoms with E-state index in [0.29, 0.717) is 22.5 Å². The van der Waals surface area contributed by atoms with Crippen LogP contribution in [-0.4, -0.2) is 20.2 Å². The van der Waals surface area contributed by atoms with Gasteiger partial charge in [-0.3, -0.25) is 14.3 Å². The van der Waals surface area contributed by atoms with Crippen molar-refractivity contribution in [2.75, 3.05) is 10.0 Å². The molecule has 36 heavy (non-hydrogen) atoms. The van der Waals surface area contributed by atoms with Crippen molar-refractivity contribution >= 4 is 33.2 Å². The van der Waals surface area contributed by atoms with Gasteiger partial charge in [0.25, 0.3) is 21.8 Å². The summed E-state index contributed by atoms with van der Waals surface area (Å²) in [5.74, 6) is -0.567. The molecule has 1 unspecified atom stereocenters. The topological polar surface area (TPSA) is 104 Å². The fourth-order valence-corrected chi connectivity index (χ4v) is 4.61. The second-order valence-electron chi connectivity index (χ2n) is 8.14. The molecule has 0 spiro atoms. The maximum absolute atomic E-state index is 12.8. The summed E-state index contributed by atoms with van der Waals surface area (Å²) in [5, 5.41) is 5.77. The average Bonchev–Trinajstić information content (AvgIpc) is 2.89. The fraction of sp³-hybridized carbons (Fsp3) is 0.0714. The lowest BCUT2D eigenvalue weighted by molar-refractivity contribution is 0.0939. The van der Waals surface area contributed by atoms with E-state index in [1.54, 1.807) is 72.8 Å². The summed E-state index contributed by atoms with van der Waals surface area (Å²) in [4.78, 5) is 25.3. The van der Waals surface area contributed by atoms with Crippen LogP contribution >= 0.6 is 0 Å². The van der Waals surface area contributed by atoms with E-state index in [1.165, 1.54) is 24.3 Å². The van der Waals surface area contributed by atoms with E-state index in [4.69, 9.17) is 0 Å². The van der Waals surface area contributed by atoms with E-state index in [2.05, 4.69) is 15.4 Å². The van der Waals surface area contributed by atoms with Crippen LogP contribution in [0.2, 0.25) is 0 Å². The van der Waals surface area contributed by atoms with E-state index >= 15 is 0 Å². The van der Waals surface area contributed by atoms with Crippen molar-refractivity contribution in [1.82, 2.24) is 5.32 Å². The Bertz CT molecular complexity index is 1460. The minimum absolute atomic E-state index is 0.0535. The first-order valence-corrected chi connectivity index (χ1v) is 12.8. The molecule has 0 aromatic heterocycles. The molecule has 1 atom stereocenters. The Kier molecular flexibility index (Phi) is 7.46. The summed E-state index contributed by atoms with van der Waals surface area (Å²) in [6.07, 6.45) is 0. The smallest absolute Gasteiger partial charge is 0.261 e. The summed E-state index contributed by atoms with van der Waals surface area (Å²) in [6.45, 7) is 1.83. The normalized spacial score (nSPS) is 11.8. The molecule has 0 aliphatic carbocycles. The van der Waals surface area contributed by atoms with Gasteiger partial charge >= 0.3 is 0 Å². The third kappa shape index (κ3) is 6.17. The summed E-state index contributed by atoms with van der Waals surface area (Å²) in [6, 6.07) is 30.1. The Morgan fingerprint density at radius 3 is 1.92 bits per heavy atom. The Labute approximate surface area is 210 Å². The highest BCUT2D eigenvalue weighted by Gasteiger charge is 2.17. The van der Waals surface area contributed by atoms with Crippen molar-refractivity contribution in [3.05, 3.63) is 126 Å².